The molecular formula is C10H10Cl2O. The molecule has 1 unspecified atom stereocenters. The molecule has 0 saturated heterocycles. The summed E-state index contributed by atoms with van der Waals surface area (Å²) in [6.45, 7) is 0. The highest BCUT2D eigenvalue weighted by Crippen LogP contribution is 2.35. The Balaban J connectivity index is 2.52. The lowest BCUT2D eigenvalue weighted by Crippen LogP contribution is -2.08. The van der Waals surface area contributed by atoms with Crippen LogP contribution in [0.15, 0.2) is 12.1 Å². The lowest BCUT2D eigenvalue weighted by molar-refractivity contribution is 0.156. The number of hydrogen-bond acceptors (Lipinski definition) is 1. The van der Waals surface area contributed by atoms with Gasteiger partial charge in [-0.3, -0.25) is 0 Å². The lowest BCUT2D eigenvalue weighted by atomic mass is 9.90. The summed E-state index contributed by atoms with van der Waals surface area (Å²) in [5.41, 5.74) is 2.08. The highest BCUT2D eigenvalue weighted by molar-refractivity contribution is 6.42. The number of aliphatic hydroxyl groups is 1. The number of halogens is 2. The van der Waals surface area contributed by atoms with Crippen LogP contribution in [0.4, 0.5) is 0 Å². The van der Waals surface area contributed by atoms with E-state index >= 15 is 0 Å². The molecule has 1 atom stereocenters. The standard InChI is InChI=1S/C10H10Cl2O/c11-8-4-6-2-1-3-10(13)7(6)5-9(8)12/h4-5,10,13H,1-3H2. The van der Waals surface area contributed by atoms with E-state index < -0.39 is 0 Å². The Bertz CT molecular complexity index is 336. The fourth-order valence-electron chi connectivity index (χ4n) is 1.77. The van der Waals surface area contributed by atoms with Gasteiger partial charge in [-0.05, 0) is 42.5 Å². The van der Waals surface area contributed by atoms with E-state index in [2.05, 4.69) is 0 Å². The van der Waals surface area contributed by atoms with E-state index in [9.17, 15) is 5.11 Å². The van der Waals surface area contributed by atoms with Gasteiger partial charge in [0, 0.05) is 0 Å². The summed E-state index contributed by atoms with van der Waals surface area (Å²) in [6.07, 6.45) is 2.47. The molecule has 2 rings (SSSR count). The molecule has 0 fully saturated rings. The molecule has 70 valence electrons. The Labute approximate surface area is 87.3 Å². The molecule has 1 aliphatic carbocycles. The summed E-state index contributed by atoms with van der Waals surface area (Å²) in [5.74, 6) is 0. The van der Waals surface area contributed by atoms with Gasteiger partial charge in [-0.25, -0.2) is 0 Å². The first-order valence-corrected chi connectivity index (χ1v) is 5.10. The minimum atomic E-state index is -0.362. The Hall–Kier alpha value is -0.240. The summed E-state index contributed by atoms with van der Waals surface area (Å²) < 4.78 is 0. The number of fused-ring (bicyclic) bond motifs is 1. The zero-order valence-electron chi connectivity index (χ0n) is 7.06. The van der Waals surface area contributed by atoms with Crippen molar-refractivity contribution in [3.05, 3.63) is 33.3 Å². The molecule has 0 bridgehead atoms. The smallest absolute Gasteiger partial charge is 0.0793 e. The van der Waals surface area contributed by atoms with E-state index in [4.69, 9.17) is 23.2 Å². The average Bonchev–Trinajstić information content (AvgIpc) is 2.09. The van der Waals surface area contributed by atoms with Crippen LogP contribution in [0, 0.1) is 0 Å². The van der Waals surface area contributed by atoms with Gasteiger partial charge in [0.05, 0.1) is 16.1 Å². The molecule has 0 heterocycles. The maximum Gasteiger partial charge on any atom is 0.0793 e. The second-order valence-electron chi connectivity index (χ2n) is 3.37. The number of rotatable bonds is 0. The van der Waals surface area contributed by atoms with Crippen molar-refractivity contribution in [3.63, 3.8) is 0 Å². The van der Waals surface area contributed by atoms with Gasteiger partial charge >= 0.3 is 0 Å². The summed E-state index contributed by atoms with van der Waals surface area (Å²) in [4.78, 5) is 0. The van der Waals surface area contributed by atoms with Gasteiger partial charge < -0.3 is 5.11 Å². The van der Waals surface area contributed by atoms with Gasteiger partial charge in [-0.1, -0.05) is 23.2 Å². The molecule has 1 nitrogen and oxygen atoms in total. The molecule has 0 saturated carbocycles. The van der Waals surface area contributed by atoms with Crippen LogP contribution in [0.2, 0.25) is 10.0 Å². The molecule has 13 heavy (non-hydrogen) atoms. The van der Waals surface area contributed by atoms with Gasteiger partial charge in [0.25, 0.3) is 0 Å². The van der Waals surface area contributed by atoms with Crippen molar-refractivity contribution in [2.24, 2.45) is 0 Å². The van der Waals surface area contributed by atoms with Crippen LogP contribution >= 0.6 is 23.2 Å². The molecule has 0 spiro atoms. The van der Waals surface area contributed by atoms with Crippen molar-refractivity contribution in [3.8, 4) is 0 Å². The monoisotopic (exact) mass is 216 g/mol. The van der Waals surface area contributed by atoms with Crippen LogP contribution in [0.5, 0.6) is 0 Å². The quantitative estimate of drug-likeness (QED) is 0.706. The normalized spacial score (nSPS) is 21.3. The summed E-state index contributed by atoms with van der Waals surface area (Å²) in [7, 11) is 0. The summed E-state index contributed by atoms with van der Waals surface area (Å²) in [6, 6.07) is 3.64. The van der Waals surface area contributed by atoms with Crippen molar-refractivity contribution < 1.29 is 5.11 Å². The number of aliphatic hydroxyl groups excluding tert-OH is 1. The van der Waals surface area contributed by atoms with Crippen LogP contribution < -0.4 is 0 Å². The van der Waals surface area contributed by atoms with E-state index in [0.29, 0.717) is 10.0 Å². The molecule has 3 heteroatoms. The first kappa shape index (κ1) is 9.32. The van der Waals surface area contributed by atoms with Crippen molar-refractivity contribution >= 4 is 23.2 Å². The molecule has 1 N–H and O–H groups in total. The van der Waals surface area contributed by atoms with Gasteiger partial charge in [0.2, 0.25) is 0 Å². The van der Waals surface area contributed by atoms with E-state index in [1.807, 2.05) is 6.07 Å². The Morgan fingerprint density at radius 3 is 2.69 bits per heavy atom. The minimum Gasteiger partial charge on any atom is -0.388 e. The maximum atomic E-state index is 9.67. The molecule has 0 amide bonds. The summed E-state index contributed by atoms with van der Waals surface area (Å²) in [5, 5.41) is 10.8. The number of aryl methyl sites for hydroxylation is 1. The molecule has 1 aromatic rings. The van der Waals surface area contributed by atoms with Crippen LogP contribution in [0.3, 0.4) is 0 Å². The maximum absolute atomic E-state index is 9.67. The highest BCUT2D eigenvalue weighted by atomic mass is 35.5. The van der Waals surface area contributed by atoms with Crippen molar-refractivity contribution in [2.45, 2.75) is 25.4 Å². The molecular weight excluding hydrogens is 207 g/mol. The molecule has 0 aromatic heterocycles. The zero-order chi connectivity index (χ0) is 9.42. The van der Waals surface area contributed by atoms with Gasteiger partial charge in [-0.2, -0.15) is 0 Å². The second kappa shape index (κ2) is 3.49. The number of benzene rings is 1. The third kappa shape index (κ3) is 1.69. The fourth-order valence-corrected chi connectivity index (χ4v) is 2.13. The predicted octanol–water partition coefficient (Wildman–Crippen LogP) is 3.36. The second-order valence-corrected chi connectivity index (χ2v) is 4.19. The topological polar surface area (TPSA) is 20.2 Å². The van der Waals surface area contributed by atoms with E-state index in [1.54, 1.807) is 6.07 Å². The zero-order valence-corrected chi connectivity index (χ0v) is 8.57. The van der Waals surface area contributed by atoms with E-state index in [0.717, 1.165) is 30.4 Å². The Morgan fingerprint density at radius 1 is 1.23 bits per heavy atom. The molecule has 1 aromatic carbocycles. The van der Waals surface area contributed by atoms with Crippen molar-refractivity contribution in [1.29, 1.82) is 0 Å². The number of hydrogen-bond donors (Lipinski definition) is 1. The van der Waals surface area contributed by atoms with Gasteiger partial charge in [0.15, 0.2) is 0 Å². The van der Waals surface area contributed by atoms with Crippen LogP contribution in [0.25, 0.3) is 0 Å². The van der Waals surface area contributed by atoms with Gasteiger partial charge in [0.1, 0.15) is 0 Å². The Morgan fingerprint density at radius 2 is 1.92 bits per heavy atom. The van der Waals surface area contributed by atoms with Gasteiger partial charge in [-0.15, -0.1) is 0 Å². The first-order valence-electron chi connectivity index (χ1n) is 4.34. The Kier molecular flexibility index (Phi) is 2.50. The van der Waals surface area contributed by atoms with E-state index in [-0.39, 0.29) is 6.10 Å². The molecule has 0 radical (unpaired) electrons. The van der Waals surface area contributed by atoms with E-state index in [1.165, 1.54) is 0 Å². The molecule has 1 aliphatic rings. The first-order chi connectivity index (χ1) is 6.18. The largest absolute Gasteiger partial charge is 0.388 e. The van der Waals surface area contributed by atoms with Crippen LogP contribution in [-0.2, 0) is 6.42 Å². The van der Waals surface area contributed by atoms with Crippen LogP contribution in [0.1, 0.15) is 30.1 Å². The third-order valence-corrected chi connectivity index (χ3v) is 3.19. The predicted molar refractivity (Wildman–Crippen MR) is 54.4 cm³/mol. The summed E-state index contributed by atoms with van der Waals surface area (Å²) >= 11 is 11.7. The highest BCUT2D eigenvalue weighted by Gasteiger charge is 2.19. The third-order valence-electron chi connectivity index (χ3n) is 2.46. The minimum absolute atomic E-state index is 0.362. The lowest BCUT2D eigenvalue weighted by Gasteiger charge is -2.21. The molecule has 0 aliphatic heterocycles. The SMILES string of the molecule is OC1CCCc2cc(Cl)c(Cl)cc21. The van der Waals surface area contributed by atoms with Crippen molar-refractivity contribution in [1.82, 2.24) is 0 Å². The fraction of sp³-hybridized carbons (Fsp3) is 0.400. The average molecular weight is 217 g/mol. The van der Waals surface area contributed by atoms with Crippen molar-refractivity contribution in [2.75, 3.05) is 0 Å². The van der Waals surface area contributed by atoms with Crippen LogP contribution in [-0.4, -0.2) is 5.11 Å².